The standard InChI is InChI=1S/C42H74O6Si2/c1-14-22-39(47-49(15-2,16-3)17-4)29-33(8)30-41(43)42(12,44)28-21-23-34(9)40(48-50(18-5,19-6)20-7)31-35(10)36(11)46-32-37-24-26-38(45-13)27-25-37/h14,21,24-28,34-36,39-40,44H,1,8,15-20,22-23,29-32H2,2-7,9-13H3/b28-21+/t34-,35-,36-,39-,40+,42+/m0/s1. The topological polar surface area (TPSA) is 74.2 Å². The summed E-state index contributed by atoms with van der Waals surface area (Å²) in [6.07, 6.45) is 8.65. The number of carbonyl (C=O) groups is 1. The van der Waals surface area contributed by atoms with Crippen molar-refractivity contribution < 1.29 is 28.2 Å². The molecule has 0 amide bonds. The fourth-order valence-corrected chi connectivity index (χ4v) is 12.5. The second-order valence-electron chi connectivity index (χ2n) is 14.8. The summed E-state index contributed by atoms with van der Waals surface area (Å²) in [4.78, 5) is 13.3. The van der Waals surface area contributed by atoms with Gasteiger partial charge in [0.05, 0.1) is 25.9 Å². The molecule has 0 aliphatic carbocycles. The maximum Gasteiger partial charge on any atom is 0.192 e. The third-order valence-electron chi connectivity index (χ3n) is 11.3. The third-order valence-corrected chi connectivity index (χ3v) is 20.6. The van der Waals surface area contributed by atoms with E-state index in [9.17, 15) is 9.90 Å². The minimum absolute atomic E-state index is 0.0272. The first kappa shape index (κ1) is 46.2. The Labute approximate surface area is 309 Å². The maximum absolute atomic E-state index is 13.3. The van der Waals surface area contributed by atoms with Gasteiger partial charge in [-0.2, -0.15) is 0 Å². The van der Waals surface area contributed by atoms with Gasteiger partial charge in [-0.25, -0.2) is 0 Å². The van der Waals surface area contributed by atoms with E-state index in [1.165, 1.54) is 0 Å². The number of rotatable bonds is 28. The summed E-state index contributed by atoms with van der Waals surface area (Å²) in [7, 11) is -2.02. The first-order valence-electron chi connectivity index (χ1n) is 19.4. The van der Waals surface area contributed by atoms with Crippen LogP contribution >= 0.6 is 0 Å². The van der Waals surface area contributed by atoms with Gasteiger partial charge in [-0.3, -0.25) is 4.79 Å². The van der Waals surface area contributed by atoms with Crippen molar-refractivity contribution in [3.05, 3.63) is 66.8 Å². The Hall–Kier alpha value is -1.82. The van der Waals surface area contributed by atoms with Gasteiger partial charge in [-0.1, -0.05) is 91.8 Å². The third kappa shape index (κ3) is 15.0. The Bertz CT molecular complexity index is 1140. The van der Waals surface area contributed by atoms with Gasteiger partial charge in [0.1, 0.15) is 11.4 Å². The van der Waals surface area contributed by atoms with Crippen LogP contribution in [0.3, 0.4) is 0 Å². The fourth-order valence-electron chi connectivity index (χ4n) is 6.66. The first-order chi connectivity index (χ1) is 23.6. The van der Waals surface area contributed by atoms with Crippen LogP contribution in [0.15, 0.2) is 61.2 Å². The lowest BCUT2D eigenvalue weighted by Gasteiger charge is -2.38. The molecule has 6 atom stereocenters. The average Bonchev–Trinajstić information content (AvgIpc) is 3.11. The van der Waals surface area contributed by atoms with E-state index in [2.05, 4.69) is 75.5 Å². The van der Waals surface area contributed by atoms with Gasteiger partial charge < -0.3 is 23.4 Å². The van der Waals surface area contributed by atoms with Gasteiger partial charge >= 0.3 is 0 Å². The second-order valence-corrected chi connectivity index (χ2v) is 24.2. The van der Waals surface area contributed by atoms with Crippen molar-refractivity contribution in [1.82, 2.24) is 0 Å². The number of methoxy groups -OCH3 is 1. The van der Waals surface area contributed by atoms with Gasteiger partial charge in [0.2, 0.25) is 0 Å². The van der Waals surface area contributed by atoms with Crippen LogP contribution in [0.1, 0.15) is 107 Å². The summed E-state index contributed by atoms with van der Waals surface area (Å²) in [5.74, 6) is 1.09. The van der Waals surface area contributed by atoms with Gasteiger partial charge in [0.15, 0.2) is 22.4 Å². The zero-order valence-corrected chi connectivity index (χ0v) is 35.8. The van der Waals surface area contributed by atoms with Crippen molar-refractivity contribution in [1.29, 1.82) is 0 Å². The molecular weight excluding hydrogens is 657 g/mol. The van der Waals surface area contributed by atoms with E-state index in [-0.39, 0.29) is 42.4 Å². The lowest BCUT2D eigenvalue weighted by molar-refractivity contribution is -0.130. The number of ether oxygens (including phenoxy) is 2. The highest BCUT2D eigenvalue weighted by Crippen LogP contribution is 2.32. The fraction of sp³-hybridized carbons (Fsp3) is 0.690. The molecule has 0 saturated carbocycles. The summed E-state index contributed by atoms with van der Waals surface area (Å²) >= 11 is 0. The van der Waals surface area contributed by atoms with Crippen molar-refractivity contribution in [2.75, 3.05) is 7.11 Å². The Balaban J connectivity index is 2.96. The summed E-state index contributed by atoms with van der Waals surface area (Å²) < 4.78 is 25.5. The molecular formula is C42H74O6Si2. The number of carbonyl (C=O) groups excluding carboxylic acids is 1. The molecule has 0 spiro atoms. The number of benzene rings is 1. The average molecular weight is 731 g/mol. The molecule has 0 radical (unpaired) electrons. The zero-order chi connectivity index (χ0) is 38.0. The highest BCUT2D eigenvalue weighted by atomic mass is 28.4. The quantitative estimate of drug-likeness (QED) is 0.0683. The van der Waals surface area contributed by atoms with Crippen molar-refractivity contribution in [2.45, 2.75) is 168 Å². The summed E-state index contributed by atoms with van der Waals surface area (Å²) in [6, 6.07) is 14.5. The van der Waals surface area contributed by atoms with E-state index in [0.717, 1.165) is 66.0 Å². The van der Waals surface area contributed by atoms with Crippen LogP contribution in [0.2, 0.25) is 36.3 Å². The number of Topliss-reactive ketones (excluding diaryl/α,β-unsaturated/α-hetero) is 1. The van der Waals surface area contributed by atoms with Crippen LogP contribution in [0, 0.1) is 11.8 Å². The molecule has 1 N–H and O–H groups in total. The molecule has 286 valence electrons. The molecule has 0 unspecified atom stereocenters. The molecule has 0 aromatic heterocycles. The molecule has 0 fully saturated rings. The predicted octanol–water partition coefficient (Wildman–Crippen LogP) is 11.2. The lowest BCUT2D eigenvalue weighted by Crippen LogP contribution is -2.43. The van der Waals surface area contributed by atoms with Crippen LogP contribution in [0.4, 0.5) is 0 Å². The maximum atomic E-state index is 13.3. The van der Waals surface area contributed by atoms with E-state index < -0.39 is 22.2 Å². The normalized spacial score (nSPS) is 16.7. The van der Waals surface area contributed by atoms with Gasteiger partial charge in [-0.15, -0.1) is 6.58 Å². The molecule has 1 aromatic rings. The highest BCUT2D eigenvalue weighted by Gasteiger charge is 2.36. The highest BCUT2D eigenvalue weighted by molar-refractivity contribution is 6.74. The van der Waals surface area contributed by atoms with Crippen molar-refractivity contribution >= 4 is 22.4 Å². The molecule has 6 nitrogen and oxygen atoms in total. The van der Waals surface area contributed by atoms with E-state index >= 15 is 0 Å². The largest absolute Gasteiger partial charge is 0.497 e. The molecule has 0 bridgehead atoms. The minimum atomic E-state index is -1.88. The molecule has 0 heterocycles. The number of hydrogen-bond acceptors (Lipinski definition) is 6. The zero-order valence-electron chi connectivity index (χ0n) is 33.8. The Kier molecular flexibility index (Phi) is 21.2. The van der Waals surface area contributed by atoms with Crippen LogP contribution in [-0.4, -0.2) is 58.5 Å². The minimum Gasteiger partial charge on any atom is -0.497 e. The van der Waals surface area contributed by atoms with E-state index in [4.69, 9.17) is 18.3 Å². The van der Waals surface area contributed by atoms with Crippen LogP contribution in [0.5, 0.6) is 5.75 Å². The molecule has 8 heteroatoms. The van der Waals surface area contributed by atoms with Gasteiger partial charge in [0, 0.05) is 12.5 Å². The Morgan fingerprint density at radius 3 is 1.92 bits per heavy atom. The van der Waals surface area contributed by atoms with E-state index in [1.54, 1.807) is 20.1 Å². The number of ketones is 1. The van der Waals surface area contributed by atoms with Crippen LogP contribution in [-0.2, 0) is 25.0 Å². The molecule has 0 aliphatic rings. The molecule has 1 aromatic carbocycles. The molecule has 0 aliphatic heterocycles. The number of hydrogen-bond donors (Lipinski definition) is 1. The van der Waals surface area contributed by atoms with Crippen molar-refractivity contribution in [3.8, 4) is 5.75 Å². The van der Waals surface area contributed by atoms with E-state index in [1.807, 2.05) is 36.4 Å². The monoisotopic (exact) mass is 731 g/mol. The van der Waals surface area contributed by atoms with Crippen LogP contribution in [0.25, 0.3) is 0 Å². The van der Waals surface area contributed by atoms with Crippen molar-refractivity contribution in [3.63, 3.8) is 0 Å². The molecule has 50 heavy (non-hydrogen) atoms. The van der Waals surface area contributed by atoms with Gasteiger partial charge in [-0.05, 0) is 111 Å². The first-order valence-corrected chi connectivity index (χ1v) is 24.5. The smallest absolute Gasteiger partial charge is 0.192 e. The number of allylic oxidation sites excluding steroid dienone is 1. The summed E-state index contributed by atoms with van der Waals surface area (Å²) in [5, 5.41) is 11.3. The molecule has 1 rings (SSSR count). The SMILES string of the molecule is C=CC[C@@H](CC(=C)CC(=O)[C@](C)(O)/C=C/C[C@H](C)[C@@H](C[C@H](C)[C@H](C)OCc1ccc(OC)cc1)O[Si](CC)(CC)CC)O[Si](CC)(CC)CC. The predicted molar refractivity (Wildman–Crippen MR) is 217 cm³/mol. The summed E-state index contributed by atoms with van der Waals surface area (Å²) in [5.41, 5.74) is 0.337. The molecule has 0 saturated heterocycles. The van der Waals surface area contributed by atoms with E-state index in [0.29, 0.717) is 19.4 Å². The Morgan fingerprint density at radius 1 is 0.880 bits per heavy atom. The Morgan fingerprint density at radius 2 is 1.42 bits per heavy atom. The second kappa shape index (κ2) is 23.0. The van der Waals surface area contributed by atoms with Gasteiger partial charge in [0.25, 0.3) is 0 Å². The number of aliphatic hydroxyl groups is 1. The van der Waals surface area contributed by atoms with Crippen LogP contribution < -0.4 is 4.74 Å². The lowest BCUT2D eigenvalue weighted by atomic mass is 9.89. The van der Waals surface area contributed by atoms with Crippen molar-refractivity contribution in [2.24, 2.45) is 11.8 Å². The summed E-state index contributed by atoms with van der Waals surface area (Å²) in [6.45, 7) is 30.4.